The minimum Gasteiger partial charge on any atom is -0.453 e. The maximum absolute atomic E-state index is 10.4. The Balaban J connectivity index is 0.00000225. The van der Waals surface area contributed by atoms with Crippen molar-refractivity contribution in [3.05, 3.63) is 6.04 Å². The van der Waals surface area contributed by atoms with Crippen molar-refractivity contribution >= 4 is 6.29 Å². The molecule has 0 bridgehead atoms. The fraction of sp³-hybridized carbons (Fsp3) is 0.846. The Bertz CT molecular complexity index is 171. The maximum Gasteiger partial charge on any atom is 0.117 e. The van der Waals surface area contributed by atoms with E-state index in [1.165, 1.54) is 57.7 Å². The molecule has 1 aliphatic rings. The number of nitrogens with zero attached hydrogens (tertiary/aromatic N) is 1. The first kappa shape index (κ1) is 16.3. The SMILES string of the molecule is CCCCCC[C-](CCC=O)N1CCC1.[W]. The molecule has 0 amide bonds. The molecule has 2 nitrogen and oxygen atoms in total. The van der Waals surface area contributed by atoms with Crippen molar-refractivity contribution in [3.63, 3.8) is 0 Å². The van der Waals surface area contributed by atoms with E-state index >= 15 is 0 Å². The van der Waals surface area contributed by atoms with Gasteiger partial charge in [0, 0.05) is 21.1 Å². The Kier molecular flexibility index (Phi) is 10.7. The van der Waals surface area contributed by atoms with Crippen molar-refractivity contribution in [1.82, 2.24) is 4.90 Å². The van der Waals surface area contributed by atoms with Crippen molar-refractivity contribution in [1.29, 1.82) is 0 Å². The van der Waals surface area contributed by atoms with Gasteiger partial charge in [0.25, 0.3) is 0 Å². The molecule has 3 heteroatoms. The topological polar surface area (TPSA) is 20.3 Å². The van der Waals surface area contributed by atoms with Crippen molar-refractivity contribution in [3.8, 4) is 0 Å². The molecule has 1 rings (SSSR count). The summed E-state index contributed by atoms with van der Waals surface area (Å²) in [4.78, 5) is 12.9. The average molecular weight is 394 g/mol. The molecule has 16 heavy (non-hydrogen) atoms. The van der Waals surface area contributed by atoms with E-state index in [1.54, 1.807) is 0 Å². The van der Waals surface area contributed by atoms with Crippen molar-refractivity contribution < 1.29 is 25.9 Å². The first-order valence-electron chi connectivity index (χ1n) is 6.41. The maximum atomic E-state index is 10.4. The van der Waals surface area contributed by atoms with E-state index in [4.69, 9.17) is 0 Å². The number of likely N-dealkylation sites (tertiary alicyclic amines) is 1. The van der Waals surface area contributed by atoms with Gasteiger partial charge in [0.15, 0.2) is 0 Å². The summed E-state index contributed by atoms with van der Waals surface area (Å²) in [5.74, 6) is 0. The zero-order valence-electron chi connectivity index (χ0n) is 10.4. The van der Waals surface area contributed by atoms with Crippen LogP contribution in [0.25, 0.3) is 0 Å². The Morgan fingerprint density at radius 3 is 2.44 bits per heavy atom. The van der Waals surface area contributed by atoms with E-state index < -0.39 is 0 Å². The van der Waals surface area contributed by atoms with E-state index in [9.17, 15) is 4.79 Å². The second-order valence-electron chi connectivity index (χ2n) is 4.42. The molecule has 0 aromatic carbocycles. The van der Waals surface area contributed by atoms with Crippen LogP contribution >= 0.6 is 0 Å². The smallest absolute Gasteiger partial charge is 0.117 e. The summed E-state index contributed by atoms with van der Waals surface area (Å²) in [6.07, 6.45) is 10.6. The third kappa shape index (κ3) is 6.15. The van der Waals surface area contributed by atoms with Crippen LogP contribution in [0.3, 0.4) is 0 Å². The van der Waals surface area contributed by atoms with Crippen molar-refractivity contribution in [2.45, 2.75) is 58.3 Å². The number of aldehydes is 1. The van der Waals surface area contributed by atoms with Crippen LogP contribution in [0, 0.1) is 6.04 Å². The van der Waals surface area contributed by atoms with Crippen molar-refractivity contribution in [2.24, 2.45) is 0 Å². The second-order valence-corrected chi connectivity index (χ2v) is 4.42. The van der Waals surface area contributed by atoms with Crippen LogP contribution in [0.1, 0.15) is 58.3 Å². The molecule has 94 valence electrons. The number of rotatable bonds is 9. The number of hydrogen-bond donors (Lipinski definition) is 0. The molecule has 0 N–H and O–H groups in total. The zero-order valence-corrected chi connectivity index (χ0v) is 13.3. The first-order valence-corrected chi connectivity index (χ1v) is 6.41. The van der Waals surface area contributed by atoms with E-state index in [-0.39, 0.29) is 21.1 Å². The van der Waals surface area contributed by atoms with Crippen LogP contribution in [-0.2, 0) is 25.9 Å². The van der Waals surface area contributed by atoms with Gasteiger partial charge in [-0.05, 0) is 25.9 Å². The third-order valence-corrected chi connectivity index (χ3v) is 3.17. The van der Waals surface area contributed by atoms with Gasteiger partial charge >= 0.3 is 0 Å². The number of carbonyl (C=O) groups is 1. The first-order chi connectivity index (χ1) is 7.38. The monoisotopic (exact) mass is 394 g/mol. The van der Waals surface area contributed by atoms with E-state index in [1.807, 2.05) is 0 Å². The van der Waals surface area contributed by atoms with E-state index in [0.717, 1.165) is 12.7 Å². The second kappa shape index (κ2) is 10.5. The molecule has 0 aliphatic carbocycles. The van der Waals surface area contributed by atoms with Gasteiger partial charge in [-0.25, -0.2) is 0 Å². The molecule has 0 radical (unpaired) electrons. The van der Waals surface area contributed by atoms with Gasteiger partial charge in [0.05, 0.1) is 0 Å². The molecule has 0 aromatic rings. The molecule has 0 spiro atoms. The molecule has 0 saturated carbocycles. The summed E-state index contributed by atoms with van der Waals surface area (Å²) >= 11 is 0. The normalized spacial score (nSPS) is 15.6. The molecule has 0 aromatic heterocycles. The van der Waals surface area contributed by atoms with Crippen LogP contribution in [0.4, 0.5) is 0 Å². The summed E-state index contributed by atoms with van der Waals surface area (Å²) in [6.45, 7) is 4.69. The van der Waals surface area contributed by atoms with Crippen LogP contribution in [0.2, 0.25) is 0 Å². The molecular weight excluding hydrogens is 370 g/mol. The van der Waals surface area contributed by atoms with Gasteiger partial charge in [-0.2, -0.15) is 12.8 Å². The molecule has 1 fully saturated rings. The molecule has 1 aliphatic heterocycles. The summed E-state index contributed by atoms with van der Waals surface area (Å²) in [5.41, 5.74) is 0. The summed E-state index contributed by atoms with van der Waals surface area (Å²) in [7, 11) is 0. The molecular formula is C13H24NOW-. The number of hydrogen-bond acceptors (Lipinski definition) is 2. The Labute approximate surface area is 114 Å². The van der Waals surface area contributed by atoms with Gasteiger partial charge in [-0.3, -0.25) is 6.04 Å². The molecule has 1 saturated heterocycles. The Morgan fingerprint density at radius 2 is 1.94 bits per heavy atom. The third-order valence-electron chi connectivity index (χ3n) is 3.17. The summed E-state index contributed by atoms with van der Waals surface area (Å²) < 4.78 is 0. The summed E-state index contributed by atoms with van der Waals surface area (Å²) in [6, 6.07) is 1.53. The van der Waals surface area contributed by atoms with Gasteiger partial charge in [-0.1, -0.05) is 32.6 Å². The molecule has 0 unspecified atom stereocenters. The van der Waals surface area contributed by atoms with E-state index in [0.29, 0.717) is 6.42 Å². The summed E-state index contributed by atoms with van der Waals surface area (Å²) in [5, 5.41) is 0. The fourth-order valence-electron chi connectivity index (χ4n) is 2.06. The predicted molar refractivity (Wildman–Crippen MR) is 63.5 cm³/mol. The van der Waals surface area contributed by atoms with Gasteiger partial charge in [-0.15, -0.1) is 0 Å². The van der Waals surface area contributed by atoms with Crippen LogP contribution < -0.4 is 0 Å². The predicted octanol–water partition coefficient (Wildman–Crippen LogP) is 3.17. The average Bonchev–Trinajstić information content (AvgIpc) is 2.17. The largest absolute Gasteiger partial charge is 0.453 e. The van der Waals surface area contributed by atoms with Gasteiger partial charge < -0.3 is 9.69 Å². The zero-order chi connectivity index (χ0) is 10.9. The molecule has 1 heterocycles. The Morgan fingerprint density at radius 1 is 1.19 bits per heavy atom. The van der Waals surface area contributed by atoms with Gasteiger partial charge in [0.2, 0.25) is 0 Å². The standard InChI is InChI=1S/C13H24NO.W/c1-2-3-4-5-8-13(9-6-12-15)14-10-7-11-14;/h12H,2-11H2,1H3;/q-1;. The quantitative estimate of drug-likeness (QED) is 0.340. The van der Waals surface area contributed by atoms with Gasteiger partial charge in [0.1, 0.15) is 6.29 Å². The number of carbonyl (C=O) groups excluding carboxylic acids is 1. The van der Waals surface area contributed by atoms with Crippen molar-refractivity contribution in [2.75, 3.05) is 13.1 Å². The fourth-order valence-corrected chi connectivity index (χ4v) is 2.06. The van der Waals surface area contributed by atoms with Crippen LogP contribution in [0.15, 0.2) is 0 Å². The Hall–Kier alpha value is 0.318. The van der Waals surface area contributed by atoms with Crippen LogP contribution in [0.5, 0.6) is 0 Å². The van der Waals surface area contributed by atoms with Crippen LogP contribution in [-0.4, -0.2) is 24.3 Å². The van der Waals surface area contributed by atoms with E-state index in [2.05, 4.69) is 11.8 Å². The minimum absolute atomic E-state index is 0. The minimum atomic E-state index is 0. The number of unbranched alkanes of at least 4 members (excludes halogenated alkanes) is 3. The molecule has 0 atom stereocenters.